The molecular weight excluding hydrogens is 404 g/mol. The molecule has 0 aromatic heterocycles. The fourth-order valence-electron chi connectivity index (χ4n) is 2.70. The molecule has 0 aliphatic heterocycles. The Hall–Kier alpha value is -2.05. The maximum absolute atomic E-state index is 5.93. The molecule has 5 nitrogen and oxygen atoms in total. The zero-order valence-electron chi connectivity index (χ0n) is 16.2. The molecule has 0 aliphatic rings. The van der Waals surface area contributed by atoms with Crippen LogP contribution >= 0.6 is 17.0 Å². The molecule has 0 radical (unpaired) electrons. The van der Waals surface area contributed by atoms with Crippen molar-refractivity contribution in [2.45, 2.75) is 19.4 Å². The van der Waals surface area contributed by atoms with Crippen LogP contribution in [-0.2, 0) is 13.0 Å². The number of ether oxygens (including phenoxy) is 1. The van der Waals surface area contributed by atoms with Gasteiger partial charge in [0.2, 0.25) is 0 Å². The standard InChI is InChI=1S/C21H30N4O.BrH/c1-25(17-19-7-4-3-5-8-19)16-6-14-23-21(22)24-15-13-18-9-11-20(26-2)12-10-18;/h3-5,7-12H,6,13-17H2,1-2H3,(H3,22,23,24);1H. The van der Waals surface area contributed by atoms with Crippen molar-refractivity contribution in [2.24, 2.45) is 10.7 Å². The topological polar surface area (TPSA) is 62.9 Å². The van der Waals surface area contributed by atoms with Gasteiger partial charge < -0.3 is 20.7 Å². The van der Waals surface area contributed by atoms with E-state index in [0.717, 1.165) is 44.8 Å². The van der Waals surface area contributed by atoms with Gasteiger partial charge in [-0.15, -0.1) is 17.0 Å². The highest BCUT2D eigenvalue weighted by Crippen LogP contribution is 2.11. The van der Waals surface area contributed by atoms with Crippen LogP contribution in [0, 0.1) is 0 Å². The Balaban J connectivity index is 0.00000364. The zero-order valence-corrected chi connectivity index (χ0v) is 17.9. The number of hydrogen-bond acceptors (Lipinski definition) is 3. The zero-order chi connectivity index (χ0) is 18.6. The lowest BCUT2D eigenvalue weighted by Gasteiger charge is -2.16. The lowest BCUT2D eigenvalue weighted by molar-refractivity contribution is 0.324. The first-order chi connectivity index (χ1) is 12.7. The van der Waals surface area contributed by atoms with E-state index in [4.69, 9.17) is 10.5 Å². The average Bonchev–Trinajstić information content (AvgIpc) is 2.66. The van der Waals surface area contributed by atoms with Crippen molar-refractivity contribution in [3.05, 3.63) is 65.7 Å². The molecule has 27 heavy (non-hydrogen) atoms. The third-order valence-electron chi connectivity index (χ3n) is 4.15. The van der Waals surface area contributed by atoms with Gasteiger partial charge in [-0.1, -0.05) is 42.5 Å². The van der Waals surface area contributed by atoms with E-state index in [-0.39, 0.29) is 17.0 Å². The van der Waals surface area contributed by atoms with Crippen LogP contribution in [0.1, 0.15) is 17.5 Å². The first-order valence-electron chi connectivity index (χ1n) is 9.06. The normalized spacial score (nSPS) is 11.1. The van der Waals surface area contributed by atoms with Gasteiger partial charge in [-0.25, -0.2) is 0 Å². The Labute approximate surface area is 173 Å². The maximum Gasteiger partial charge on any atom is 0.188 e. The molecule has 0 saturated carbocycles. The molecule has 0 fully saturated rings. The molecule has 0 bridgehead atoms. The maximum atomic E-state index is 5.93. The van der Waals surface area contributed by atoms with E-state index < -0.39 is 0 Å². The molecular formula is C21H31BrN4O. The first kappa shape index (κ1) is 23.0. The summed E-state index contributed by atoms with van der Waals surface area (Å²) >= 11 is 0. The summed E-state index contributed by atoms with van der Waals surface area (Å²) in [6.45, 7) is 3.47. The number of hydrogen-bond donors (Lipinski definition) is 2. The highest BCUT2D eigenvalue weighted by atomic mass is 79.9. The quantitative estimate of drug-likeness (QED) is 0.342. The molecule has 148 valence electrons. The van der Waals surface area contributed by atoms with E-state index in [1.165, 1.54) is 11.1 Å². The van der Waals surface area contributed by atoms with Crippen LogP contribution in [0.15, 0.2) is 59.6 Å². The number of rotatable bonds is 10. The molecule has 2 aromatic carbocycles. The van der Waals surface area contributed by atoms with E-state index in [0.29, 0.717) is 5.96 Å². The number of aliphatic imine (C=N–C) groups is 1. The second kappa shape index (κ2) is 13.2. The van der Waals surface area contributed by atoms with Gasteiger partial charge in [0.05, 0.1) is 7.11 Å². The Kier molecular flexibility index (Phi) is 11.2. The van der Waals surface area contributed by atoms with Crippen molar-refractivity contribution in [1.29, 1.82) is 0 Å². The molecule has 0 spiro atoms. The predicted octanol–water partition coefficient (Wildman–Crippen LogP) is 3.24. The van der Waals surface area contributed by atoms with Crippen molar-refractivity contribution in [1.82, 2.24) is 10.2 Å². The van der Waals surface area contributed by atoms with Crippen LogP contribution < -0.4 is 15.8 Å². The number of nitrogens with one attached hydrogen (secondary N) is 1. The molecule has 0 heterocycles. The van der Waals surface area contributed by atoms with E-state index >= 15 is 0 Å². The number of guanidine groups is 1. The fraction of sp³-hybridized carbons (Fsp3) is 0.381. The smallest absolute Gasteiger partial charge is 0.188 e. The highest BCUT2D eigenvalue weighted by Gasteiger charge is 2.00. The molecule has 0 saturated heterocycles. The Morgan fingerprint density at radius 1 is 1.07 bits per heavy atom. The molecule has 0 unspecified atom stereocenters. The van der Waals surface area contributed by atoms with Gasteiger partial charge in [0.15, 0.2) is 5.96 Å². The van der Waals surface area contributed by atoms with E-state index in [2.05, 4.69) is 58.7 Å². The minimum Gasteiger partial charge on any atom is -0.497 e. The number of halogens is 1. The summed E-state index contributed by atoms with van der Waals surface area (Å²) < 4.78 is 5.16. The molecule has 0 aliphatic carbocycles. The summed E-state index contributed by atoms with van der Waals surface area (Å²) in [6, 6.07) is 18.6. The number of methoxy groups -OCH3 is 1. The van der Waals surface area contributed by atoms with E-state index in [1.54, 1.807) is 7.11 Å². The van der Waals surface area contributed by atoms with Crippen molar-refractivity contribution in [2.75, 3.05) is 33.8 Å². The summed E-state index contributed by atoms with van der Waals surface area (Å²) in [5.41, 5.74) is 8.51. The second-order valence-electron chi connectivity index (χ2n) is 6.37. The van der Waals surface area contributed by atoms with Gasteiger partial charge in [0, 0.05) is 19.6 Å². The van der Waals surface area contributed by atoms with Crippen LogP contribution in [0.4, 0.5) is 0 Å². The average molecular weight is 435 g/mol. The van der Waals surface area contributed by atoms with Gasteiger partial charge >= 0.3 is 0 Å². The SMILES string of the molecule is Br.COc1ccc(CCNC(N)=NCCCN(C)Cc2ccccc2)cc1. The van der Waals surface area contributed by atoms with Crippen LogP contribution in [0.3, 0.4) is 0 Å². The fourth-order valence-corrected chi connectivity index (χ4v) is 2.70. The minimum absolute atomic E-state index is 0. The second-order valence-corrected chi connectivity index (χ2v) is 6.37. The summed E-state index contributed by atoms with van der Waals surface area (Å²) in [5, 5.41) is 3.17. The van der Waals surface area contributed by atoms with Crippen molar-refractivity contribution >= 4 is 22.9 Å². The Morgan fingerprint density at radius 3 is 2.44 bits per heavy atom. The molecule has 2 aromatic rings. The summed E-state index contributed by atoms with van der Waals surface area (Å²) in [6.07, 6.45) is 1.89. The summed E-state index contributed by atoms with van der Waals surface area (Å²) in [4.78, 5) is 6.70. The lowest BCUT2D eigenvalue weighted by Crippen LogP contribution is -2.33. The van der Waals surface area contributed by atoms with Crippen LogP contribution in [0.5, 0.6) is 5.75 Å². The van der Waals surface area contributed by atoms with Crippen molar-refractivity contribution < 1.29 is 4.74 Å². The number of nitrogens with zero attached hydrogens (tertiary/aromatic N) is 2. The molecule has 0 atom stereocenters. The Morgan fingerprint density at radius 2 is 1.78 bits per heavy atom. The van der Waals surface area contributed by atoms with E-state index in [1.807, 2.05) is 18.2 Å². The minimum atomic E-state index is 0. The van der Waals surface area contributed by atoms with Gasteiger partial charge in [0.25, 0.3) is 0 Å². The largest absolute Gasteiger partial charge is 0.497 e. The molecule has 6 heteroatoms. The van der Waals surface area contributed by atoms with Gasteiger partial charge in [0.1, 0.15) is 5.75 Å². The lowest BCUT2D eigenvalue weighted by atomic mass is 10.1. The van der Waals surface area contributed by atoms with Crippen molar-refractivity contribution in [3.63, 3.8) is 0 Å². The predicted molar refractivity (Wildman–Crippen MR) is 119 cm³/mol. The summed E-state index contributed by atoms with van der Waals surface area (Å²) in [7, 11) is 3.81. The highest BCUT2D eigenvalue weighted by molar-refractivity contribution is 8.93. The van der Waals surface area contributed by atoms with Crippen molar-refractivity contribution in [3.8, 4) is 5.75 Å². The van der Waals surface area contributed by atoms with Gasteiger partial charge in [-0.05, 0) is 49.7 Å². The monoisotopic (exact) mass is 434 g/mol. The third-order valence-corrected chi connectivity index (χ3v) is 4.15. The first-order valence-corrected chi connectivity index (χ1v) is 9.06. The van der Waals surface area contributed by atoms with Gasteiger partial charge in [-0.2, -0.15) is 0 Å². The van der Waals surface area contributed by atoms with Crippen LogP contribution in [-0.4, -0.2) is 44.7 Å². The number of benzene rings is 2. The van der Waals surface area contributed by atoms with Crippen LogP contribution in [0.2, 0.25) is 0 Å². The summed E-state index contributed by atoms with van der Waals surface area (Å²) in [5.74, 6) is 1.39. The van der Waals surface area contributed by atoms with Gasteiger partial charge in [-0.3, -0.25) is 4.99 Å². The Bertz CT molecular complexity index is 662. The molecule has 3 N–H and O–H groups in total. The number of nitrogens with two attached hydrogens (primary N) is 1. The third kappa shape index (κ3) is 9.45. The van der Waals surface area contributed by atoms with E-state index in [9.17, 15) is 0 Å². The molecule has 2 rings (SSSR count). The van der Waals surface area contributed by atoms with Crippen LogP contribution in [0.25, 0.3) is 0 Å². The molecule has 0 amide bonds.